The summed E-state index contributed by atoms with van der Waals surface area (Å²) in [4.78, 5) is 3.28. The number of H-pyrrole nitrogens is 2. The van der Waals surface area contributed by atoms with E-state index in [0.717, 1.165) is 27.6 Å². The highest BCUT2D eigenvalue weighted by Gasteiger charge is 2.14. The van der Waals surface area contributed by atoms with Crippen molar-refractivity contribution in [3.63, 3.8) is 0 Å². The van der Waals surface area contributed by atoms with Crippen LogP contribution in [0.4, 0.5) is 0 Å². The normalized spacial score (nSPS) is 11.7. The first-order valence-electron chi connectivity index (χ1n) is 8.03. The number of fused-ring (bicyclic) bond motifs is 1. The minimum Gasteiger partial charge on any atom is -0.497 e. The molecule has 0 atom stereocenters. The van der Waals surface area contributed by atoms with E-state index < -0.39 is 0 Å². The summed E-state index contributed by atoms with van der Waals surface area (Å²) in [5, 5.41) is 15.6. The summed E-state index contributed by atoms with van der Waals surface area (Å²) >= 11 is 0. The van der Waals surface area contributed by atoms with Gasteiger partial charge in [-0.25, -0.2) is 0 Å². The molecule has 0 unspecified atom stereocenters. The molecule has 2 heterocycles. The van der Waals surface area contributed by atoms with Gasteiger partial charge < -0.3 is 14.5 Å². The van der Waals surface area contributed by atoms with Gasteiger partial charge in [-0.05, 0) is 35.1 Å². The minimum absolute atomic E-state index is 0.491. The Morgan fingerprint density at radius 1 is 1.04 bits per heavy atom. The van der Waals surface area contributed by atoms with Crippen LogP contribution in [0.25, 0.3) is 22.6 Å². The van der Waals surface area contributed by atoms with E-state index in [1.165, 1.54) is 0 Å². The zero-order chi connectivity index (χ0) is 17.9. The van der Waals surface area contributed by atoms with E-state index in [9.17, 15) is 0 Å². The Bertz CT molecular complexity index is 1040. The van der Waals surface area contributed by atoms with Crippen LogP contribution in [0.3, 0.4) is 0 Å². The molecule has 2 aromatic heterocycles. The smallest absolute Gasteiger partial charge is 0.205 e. The first-order valence-corrected chi connectivity index (χ1v) is 8.03. The molecule has 0 bridgehead atoms. The molecule has 0 fully saturated rings. The maximum Gasteiger partial charge on any atom is 0.205 e. The van der Waals surface area contributed by atoms with Gasteiger partial charge in [0.15, 0.2) is 0 Å². The number of hydrogen-bond donors (Lipinski definition) is 2. The van der Waals surface area contributed by atoms with Crippen LogP contribution in [-0.4, -0.2) is 39.8 Å². The Balaban J connectivity index is 1.92. The number of benzene rings is 2. The minimum atomic E-state index is 0.491. The van der Waals surface area contributed by atoms with Crippen molar-refractivity contribution in [2.24, 2.45) is 0 Å². The molecule has 4 rings (SSSR count). The number of methoxy groups -OCH3 is 2. The van der Waals surface area contributed by atoms with Crippen molar-refractivity contribution >= 4 is 22.6 Å². The van der Waals surface area contributed by atoms with E-state index in [1.54, 1.807) is 14.2 Å². The van der Waals surface area contributed by atoms with Gasteiger partial charge >= 0.3 is 0 Å². The molecule has 0 radical (unpaired) electrons. The zero-order valence-electron chi connectivity index (χ0n) is 14.4. The van der Waals surface area contributed by atoms with Gasteiger partial charge in [-0.2, -0.15) is 5.21 Å². The van der Waals surface area contributed by atoms with Gasteiger partial charge in [-0.1, -0.05) is 18.2 Å². The standard InChI is InChI=1S/C19H17N5O2/c1-25-14-7-12(8-15(10-14)26-2)17(19-21-23-24-22-19)9-13-11-20-18-6-4-3-5-16(13)18/h3-11,20H,1-2H3,(H,21,22,23,24)/b17-9-. The molecule has 7 heteroatoms. The fraction of sp³-hybridized carbons (Fsp3) is 0.105. The summed E-state index contributed by atoms with van der Waals surface area (Å²) in [5.41, 5.74) is 3.77. The van der Waals surface area contributed by atoms with E-state index in [0.29, 0.717) is 17.3 Å². The van der Waals surface area contributed by atoms with Gasteiger partial charge in [0.25, 0.3) is 0 Å². The molecule has 0 spiro atoms. The molecule has 2 aromatic carbocycles. The highest BCUT2D eigenvalue weighted by atomic mass is 16.5. The van der Waals surface area contributed by atoms with Gasteiger partial charge in [-0.15, -0.1) is 10.2 Å². The predicted molar refractivity (Wildman–Crippen MR) is 99.0 cm³/mol. The Hall–Kier alpha value is -3.61. The summed E-state index contributed by atoms with van der Waals surface area (Å²) < 4.78 is 10.8. The first-order chi connectivity index (χ1) is 12.8. The SMILES string of the molecule is COc1cc(OC)cc(/C(=C/c2c[nH]c3ccccc23)c2nn[nH]n2)c1. The third kappa shape index (κ3) is 2.90. The monoisotopic (exact) mass is 347 g/mol. The average Bonchev–Trinajstić information content (AvgIpc) is 3.35. The highest BCUT2D eigenvalue weighted by molar-refractivity contribution is 5.97. The lowest BCUT2D eigenvalue weighted by Gasteiger charge is -2.09. The van der Waals surface area contributed by atoms with Crippen molar-refractivity contribution in [1.29, 1.82) is 0 Å². The molecule has 0 aliphatic heterocycles. The van der Waals surface area contributed by atoms with Gasteiger partial charge in [-0.3, -0.25) is 0 Å². The largest absolute Gasteiger partial charge is 0.497 e. The molecule has 26 heavy (non-hydrogen) atoms. The maximum absolute atomic E-state index is 5.39. The molecular formula is C19H17N5O2. The number of ether oxygens (including phenoxy) is 2. The summed E-state index contributed by atoms with van der Waals surface area (Å²) in [6, 6.07) is 13.8. The second-order valence-corrected chi connectivity index (χ2v) is 5.68. The lowest BCUT2D eigenvalue weighted by atomic mass is 10.0. The Kier molecular flexibility index (Phi) is 4.10. The summed E-state index contributed by atoms with van der Waals surface area (Å²) in [5.74, 6) is 1.87. The molecular weight excluding hydrogens is 330 g/mol. The molecule has 4 aromatic rings. The molecule has 0 aliphatic rings. The fourth-order valence-electron chi connectivity index (χ4n) is 2.88. The third-order valence-electron chi connectivity index (χ3n) is 4.17. The van der Waals surface area contributed by atoms with Crippen LogP contribution in [0.2, 0.25) is 0 Å². The van der Waals surface area contributed by atoms with E-state index in [-0.39, 0.29) is 0 Å². The molecule has 0 saturated carbocycles. The van der Waals surface area contributed by atoms with Crippen LogP contribution in [0.1, 0.15) is 17.0 Å². The number of nitrogens with zero attached hydrogens (tertiary/aromatic N) is 3. The first kappa shape index (κ1) is 15.9. The summed E-state index contributed by atoms with van der Waals surface area (Å²) in [7, 11) is 3.24. The lowest BCUT2D eigenvalue weighted by molar-refractivity contribution is 0.394. The van der Waals surface area contributed by atoms with Crippen molar-refractivity contribution in [2.45, 2.75) is 0 Å². The lowest BCUT2D eigenvalue weighted by Crippen LogP contribution is -1.95. The van der Waals surface area contributed by atoms with Crippen molar-refractivity contribution in [3.05, 3.63) is 65.6 Å². The van der Waals surface area contributed by atoms with Crippen molar-refractivity contribution in [2.75, 3.05) is 14.2 Å². The summed E-state index contributed by atoms with van der Waals surface area (Å²) in [6.07, 6.45) is 3.99. The van der Waals surface area contributed by atoms with Crippen LogP contribution in [0, 0.1) is 0 Å². The molecule has 2 N–H and O–H groups in total. The number of aromatic nitrogens is 5. The van der Waals surface area contributed by atoms with Crippen molar-refractivity contribution < 1.29 is 9.47 Å². The third-order valence-corrected chi connectivity index (χ3v) is 4.17. The van der Waals surface area contributed by atoms with Crippen LogP contribution < -0.4 is 9.47 Å². The number of rotatable bonds is 5. The number of para-hydroxylation sites is 1. The van der Waals surface area contributed by atoms with E-state index in [1.807, 2.05) is 48.7 Å². The van der Waals surface area contributed by atoms with E-state index >= 15 is 0 Å². The van der Waals surface area contributed by atoms with Crippen LogP contribution in [-0.2, 0) is 0 Å². The van der Waals surface area contributed by atoms with E-state index in [4.69, 9.17) is 9.47 Å². The Morgan fingerprint density at radius 3 is 2.50 bits per heavy atom. The molecule has 7 nitrogen and oxygen atoms in total. The van der Waals surface area contributed by atoms with Gasteiger partial charge in [0.1, 0.15) is 11.5 Å². The second-order valence-electron chi connectivity index (χ2n) is 5.68. The number of tetrazole rings is 1. The highest BCUT2D eigenvalue weighted by Crippen LogP contribution is 2.32. The second kappa shape index (κ2) is 6.72. The summed E-state index contributed by atoms with van der Waals surface area (Å²) in [6.45, 7) is 0. The number of hydrogen-bond acceptors (Lipinski definition) is 5. The van der Waals surface area contributed by atoms with Crippen LogP contribution in [0.5, 0.6) is 11.5 Å². The van der Waals surface area contributed by atoms with Crippen LogP contribution in [0.15, 0.2) is 48.7 Å². The molecule has 0 saturated heterocycles. The average molecular weight is 347 g/mol. The predicted octanol–water partition coefficient (Wildman–Crippen LogP) is 3.29. The molecule has 0 aliphatic carbocycles. The van der Waals surface area contributed by atoms with Crippen molar-refractivity contribution in [3.8, 4) is 11.5 Å². The Morgan fingerprint density at radius 2 is 1.81 bits per heavy atom. The van der Waals surface area contributed by atoms with Gasteiger partial charge in [0.05, 0.1) is 14.2 Å². The number of aromatic amines is 2. The molecule has 130 valence electrons. The zero-order valence-corrected chi connectivity index (χ0v) is 14.4. The fourth-order valence-corrected chi connectivity index (χ4v) is 2.88. The van der Waals surface area contributed by atoms with Crippen molar-refractivity contribution in [1.82, 2.24) is 25.6 Å². The maximum atomic E-state index is 5.39. The Labute approximate surface area is 149 Å². The van der Waals surface area contributed by atoms with Gasteiger partial charge in [0, 0.05) is 34.3 Å². The van der Waals surface area contributed by atoms with Crippen LogP contribution >= 0.6 is 0 Å². The quantitative estimate of drug-likeness (QED) is 0.578. The topological polar surface area (TPSA) is 88.7 Å². The molecule has 0 amide bonds. The number of nitrogens with one attached hydrogen (secondary N) is 2. The van der Waals surface area contributed by atoms with Gasteiger partial charge in [0.2, 0.25) is 5.82 Å². The van der Waals surface area contributed by atoms with E-state index in [2.05, 4.69) is 31.7 Å².